The summed E-state index contributed by atoms with van der Waals surface area (Å²) in [5.41, 5.74) is 10.7. The van der Waals surface area contributed by atoms with Crippen molar-refractivity contribution in [3.63, 3.8) is 0 Å². The van der Waals surface area contributed by atoms with Gasteiger partial charge in [-0.25, -0.2) is 0 Å². The Hall–Kier alpha value is -4.15. The van der Waals surface area contributed by atoms with Crippen molar-refractivity contribution in [1.82, 2.24) is 0 Å². The Morgan fingerprint density at radius 2 is 0.579 bits per heavy atom. The second kappa shape index (κ2) is 11.1. The molecule has 0 spiro atoms. The number of hydrogen-bond acceptors (Lipinski definition) is 1. The van der Waals surface area contributed by atoms with Crippen molar-refractivity contribution >= 4 is 39.7 Å². The van der Waals surface area contributed by atoms with Crippen molar-refractivity contribution in [2.75, 3.05) is 4.90 Å². The van der Waals surface area contributed by atoms with E-state index in [0.29, 0.717) is 0 Å². The normalized spacial score (nSPS) is 10.8. The van der Waals surface area contributed by atoms with Gasteiger partial charge in [-0.1, -0.05) is 109 Å². The minimum absolute atomic E-state index is 1.13. The van der Waals surface area contributed by atoms with E-state index in [1.165, 1.54) is 37.0 Å². The Kier molecular flexibility index (Phi) is 7.05. The van der Waals surface area contributed by atoms with Gasteiger partial charge >= 0.3 is 0 Å². The molecule has 0 N–H and O–H groups in total. The molecule has 6 aromatic carbocycles. The van der Waals surface area contributed by atoms with E-state index in [0.717, 1.165) is 17.1 Å². The van der Waals surface area contributed by atoms with Gasteiger partial charge in [0.15, 0.2) is 0 Å². The van der Waals surface area contributed by atoms with E-state index in [1.807, 2.05) is 0 Å². The third-order valence-electron chi connectivity index (χ3n) is 6.77. The number of halogens is 1. The minimum Gasteiger partial charge on any atom is -0.311 e. The molecule has 1 nitrogen and oxygen atoms in total. The summed E-state index contributed by atoms with van der Waals surface area (Å²) in [5, 5.41) is 0. The number of nitrogens with zero attached hydrogens (tertiary/aromatic N) is 1. The average Bonchev–Trinajstić information content (AvgIpc) is 3.00. The van der Waals surface area contributed by atoms with Crippen molar-refractivity contribution in [2.45, 2.75) is 0 Å². The van der Waals surface area contributed by atoms with Gasteiger partial charge in [0, 0.05) is 20.6 Å². The monoisotopic (exact) mass is 599 g/mol. The molecule has 0 saturated heterocycles. The van der Waals surface area contributed by atoms with Crippen LogP contribution >= 0.6 is 22.6 Å². The second-order valence-electron chi connectivity index (χ2n) is 9.21. The van der Waals surface area contributed by atoms with Gasteiger partial charge in [-0.05, 0) is 105 Å². The molecule has 0 amide bonds. The smallest absolute Gasteiger partial charge is 0.0462 e. The Balaban J connectivity index is 1.30. The highest BCUT2D eigenvalue weighted by Crippen LogP contribution is 2.36. The maximum absolute atomic E-state index is 2.35. The molecule has 0 aliphatic carbocycles. The summed E-state index contributed by atoms with van der Waals surface area (Å²) >= 11 is 2.35. The highest BCUT2D eigenvalue weighted by Gasteiger charge is 2.13. The molecular weight excluding hydrogens is 573 g/mol. The number of hydrogen-bond donors (Lipinski definition) is 0. The standard InChI is InChI=1S/C36H26IN/c37-33-21-15-30(16-22-33)32-19-25-36(26-20-32)38(34-9-5-2-6-10-34)35-23-17-31(18-24-35)29-13-11-28(12-14-29)27-7-3-1-4-8-27/h1-26H. The van der Waals surface area contributed by atoms with Crippen LogP contribution < -0.4 is 4.90 Å². The third-order valence-corrected chi connectivity index (χ3v) is 7.49. The van der Waals surface area contributed by atoms with E-state index in [2.05, 4.69) is 185 Å². The molecule has 182 valence electrons. The van der Waals surface area contributed by atoms with Crippen molar-refractivity contribution in [1.29, 1.82) is 0 Å². The van der Waals surface area contributed by atoms with E-state index in [-0.39, 0.29) is 0 Å². The molecule has 0 bridgehead atoms. The summed E-state index contributed by atoms with van der Waals surface area (Å²) in [6, 6.07) is 56.2. The zero-order valence-electron chi connectivity index (χ0n) is 20.8. The van der Waals surface area contributed by atoms with Crippen LogP contribution in [0.1, 0.15) is 0 Å². The molecule has 6 aromatic rings. The van der Waals surface area contributed by atoms with Crippen LogP contribution in [0.3, 0.4) is 0 Å². The van der Waals surface area contributed by atoms with Crippen LogP contribution in [0.5, 0.6) is 0 Å². The van der Waals surface area contributed by atoms with Gasteiger partial charge in [-0.3, -0.25) is 0 Å². The first-order valence-electron chi connectivity index (χ1n) is 12.7. The molecule has 2 heteroatoms. The van der Waals surface area contributed by atoms with Crippen molar-refractivity contribution in [3.05, 3.63) is 161 Å². The lowest BCUT2D eigenvalue weighted by Crippen LogP contribution is -2.09. The minimum atomic E-state index is 1.13. The topological polar surface area (TPSA) is 3.24 Å². The average molecular weight is 600 g/mol. The zero-order valence-corrected chi connectivity index (χ0v) is 23.0. The van der Waals surface area contributed by atoms with Crippen LogP contribution in [0, 0.1) is 3.57 Å². The van der Waals surface area contributed by atoms with Gasteiger partial charge in [0.25, 0.3) is 0 Å². The van der Waals surface area contributed by atoms with Gasteiger partial charge < -0.3 is 4.90 Å². The van der Waals surface area contributed by atoms with E-state index in [4.69, 9.17) is 0 Å². The van der Waals surface area contributed by atoms with E-state index in [9.17, 15) is 0 Å². The molecule has 0 atom stereocenters. The quantitative estimate of drug-likeness (QED) is 0.172. The number of para-hydroxylation sites is 1. The maximum Gasteiger partial charge on any atom is 0.0462 e. The first kappa shape index (κ1) is 24.2. The SMILES string of the molecule is Ic1ccc(-c2ccc(N(c3ccccc3)c3ccc(-c4ccc(-c5ccccc5)cc4)cc3)cc2)cc1. The molecule has 0 aromatic heterocycles. The summed E-state index contributed by atoms with van der Waals surface area (Å²) in [4.78, 5) is 2.31. The van der Waals surface area contributed by atoms with Crippen molar-refractivity contribution < 1.29 is 0 Å². The van der Waals surface area contributed by atoms with Gasteiger partial charge in [-0.15, -0.1) is 0 Å². The highest BCUT2D eigenvalue weighted by atomic mass is 127. The van der Waals surface area contributed by atoms with Crippen LogP contribution in [-0.4, -0.2) is 0 Å². The van der Waals surface area contributed by atoms with Crippen LogP contribution in [0.4, 0.5) is 17.1 Å². The van der Waals surface area contributed by atoms with Crippen LogP contribution in [-0.2, 0) is 0 Å². The van der Waals surface area contributed by atoms with Crippen molar-refractivity contribution in [3.8, 4) is 33.4 Å². The Bertz CT molecular complexity index is 1610. The number of anilines is 3. The van der Waals surface area contributed by atoms with E-state index in [1.54, 1.807) is 0 Å². The van der Waals surface area contributed by atoms with E-state index >= 15 is 0 Å². The molecule has 0 heterocycles. The molecule has 0 fully saturated rings. The molecular formula is C36H26IN. The summed E-state index contributed by atoms with van der Waals surface area (Å²) in [7, 11) is 0. The van der Waals surface area contributed by atoms with E-state index < -0.39 is 0 Å². The number of rotatable bonds is 6. The predicted molar refractivity (Wildman–Crippen MR) is 170 cm³/mol. The van der Waals surface area contributed by atoms with Crippen LogP contribution in [0.25, 0.3) is 33.4 Å². The predicted octanol–water partition coefficient (Wildman–Crippen LogP) is 10.8. The number of benzene rings is 6. The Morgan fingerprint density at radius 1 is 0.289 bits per heavy atom. The Morgan fingerprint density at radius 3 is 1.00 bits per heavy atom. The second-order valence-corrected chi connectivity index (χ2v) is 10.5. The maximum atomic E-state index is 2.35. The van der Waals surface area contributed by atoms with Gasteiger partial charge in [0.05, 0.1) is 0 Å². The lowest BCUT2D eigenvalue weighted by Gasteiger charge is -2.26. The molecule has 0 saturated carbocycles. The molecule has 0 unspecified atom stereocenters. The highest BCUT2D eigenvalue weighted by molar-refractivity contribution is 14.1. The van der Waals surface area contributed by atoms with Gasteiger partial charge in [0.1, 0.15) is 0 Å². The fraction of sp³-hybridized carbons (Fsp3) is 0. The fourth-order valence-electron chi connectivity index (χ4n) is 4.76. The van der Waals surface area contributed by atoms with Crippen molar-refractivity contribution in [2.24, 2.45) is 0 Å². The van der Waals surface area contributed by atoms with Crippen LogP contribution in [0.2, 0.25) is 0 Å². The molecule has 0 aliphatic heterocycles. The molecule has 38 heavy (non-hydrogen) atoms. The lowest BCUT2D eigenvalue weighted by molar-refractivity contribution is 1.28. The molecule has 6 rings (SSSR count). The summed E-state index contributed by atoms with van der Waals surface area (Å²) < 4.78 is 1.24. The van der Waals surface area contributed by atoms with Gasteiger partial charge in [-0.2, -0.15) is 0 Å². The molecule has 0 radical (unpaired) electrons. The lowest BCUT2D eigenvalue weighted by atomic mass is 10.00. The molecule has 0 aliphatic rings. The van der Waals surface area contributed by atoms with Gasteiger partial charge in [0.2, 0.25) is 0 Å². The first-order chi connectivity index (χ1) is 18.7. The summed E-state index contributed by atoms with van der Waals surface area (Å²) in [5.74, 6) is 0. The van der Waals surface area contributed by atoms with Crippen LogP contribution in [0.15, 0.2) is 158 Å². The third kappa shape index (κ3) is 5.27. The first-order valence-corrected chi connectivity index (χ1v) is 13.8. The summed E-state index contributed by atoms with van der Waals surface area (Å²) in [6.45, 7) is 0. The zero-order chi connectivity index (χ0) is 25.7. The fourth-order valence-corrected chi connectivity index (χ4v) is 5.12. The Labute approximate surface area is 238 Å². The summed E-state index contributed by atoms with van der Waals surface area (Å²) in [6.07, 6.45) is 0. The largest absolute Gasteiger partial charge is 0.311 e.